The van der Waals surface area contributed by atoms with Crippen LogP contribution in [-0.2, 0) is 0 Å². The Labute approximate surface area is 294 Å². The van der Waals surface area contributed by atoms with E-state index in [0.29, 0.717) is 0 Å². The van der Waals surface area contributed by atoms with Gasteiger partial charge < -0.3 is 4.42 Å². The van der Waals surface area contributed by atoms with Gasteiger partial charge in [-0.15, -0.1) is 0 Å². The van der Waals surface area contributed by atoms with Gasteiger partial charge in [-0.2, -0.15) is 0 Å². The third-order valence-electron chi connectivity index (χ3n) is 7.78. The van der Waals surface area contributed by atoms with Crippen molar-refractivity contribution >= 4 is 75.8 Å². The highest BCUT2D eigenvalue weighted by molar-refractivity contribution is 6.28. The van der Waals surface area contributed by atoms with Crippen molar-refractivity contribution in [1.29, 1.82) is 0 Å². The first-order valence-electron chi connectivity index (χ1n) is 26.0. The van der Waals surface area contributed by atoms with E-state index >= 15 is 0 Å². The van der Waals surface area contributed by atoms with Crippen LogP contribution in [0.25, 0.3) is 98.1 Å². The van der Waals surface area contributed by atoms with Gasteiger partial charge in [-0.05, 0) is 94.2 Å². The highest BCUT2D eigenvalue weighted by Gasteiger charge is 2.21. The molecule has 1 heteroatoms. The summed E-state index contributed by atoms with van der Waals surface area (Å²) in [6.45, 7) is 0. The first kappa shape index (κ1) is 10.6. The minimum absolute atomic E-state index is 0.296. The minimum Gasteiger partial charge on any atom is -0.456 e. The fraction of sp³-hybridized carbons (Fsp3) is 0. The second-order valence-corrected chi connectivity index (χ2v) is 10.1. The van der Waals surface area contributed by atoms with Gasteiger partial charge in [0.25, 0.3) is 0 Å². The molecule has 0 aliphatic heterocycles. The first-order valence-corrected chi connectivity index (χ1v) is 13.5. The maximum atomic E-state index is 9.57. The minimum atomic E-state index is -0.957. The lowest BCUT2D eigenvalue weighted by molar-refractivity contribution is 0.669. The standard InChI is InChI=1S/C44H26O/c1-2-13-30-26-40-38(25-29(30)12-1)44-37(21-10-22-39(44)45-40)43-34-18-7-5-16-32(34)42(33-17-6-8-19-35(33)43)36-20-9-14-28-24-23-27-11-3-4-15-31(27)41(28)36/h1-26H/i1D,2D,3D,4D,5D,6D,7D,8D,9D,10D,11D,12D,13D,14D,16D,17D,18D,19D,20D,21D,22D,23D,24D,25D,26D. The zero-order valence-corrected chi connectivity index (χ0v) is 22.5. The van der Waals surface area contributed by atoms with Gasteiger partial charge in [0.05, 0.1) is 34.3 Å². The molecule has 0 fully saturated rings. The van der Waals surface area contributed by atoms with Gasteiger partial charge in [-0.1, -0.05) is 139 Å². The molecule has 0 saturated carbocycles. The topological polar surface area (TPSA) is 13.1 Å². The Kier molecular flexibility index (Phi) is 2.19. The van der Waals surface area contributed by atoms with Crippen molar-refractivity contribution < 1.29 is 38.7 Å². The average Bonchev–Trinajstić information content (AvgIpc) is 3.73. The van der Waals surface area contributed by atoms with Crippen molar-refractivity contribution in [1.82, 2.24) is 0 Å². The van der Waals surface area contributed by atoms with Gasteiger partial charge in [-0.25, -0.2) is 0 Å². The summed E-state index contributed by atoms with van der Waals surface area (Å²) in [5, 5.41) is -6.26. The lowest BCUT2D eigenvalue weighted by Gasteiger charge is -2.19. The fourth-order valence-corrected chi connectivity index (χ4v) is 5.95. The van der Waals surface area contributed by atoms with Gasteiger partial charge in [0.15, 0.2) is 0 Å². The molecule has 0 radical (unpaired) electrons. The van der Waals surface area contributed by atoms with E-state index in [9.17, 15) is 11.0 Å². The highest BCUT2D eigenvalue weighted by Crippen LogP contribution is 2.48. The van der Waals surface area contributed by atoms with Crippen LogP contribution < -0.4 is 0 Å². The van der Waals surface area contributed by atoms with E-state index in [2.05, 4.69) is 0 Å². The van der Waals surface area contributed by atoms with Crippen molar-refractivity contribution in [3.63, 3.8) is 0 Å². The summed E-state index contributed by atoms with van der Waals surface area (Å²) < 4.78 is 232. The zero-order valence-electron chi connectivity index (χ0n) is 47.5. The summed E-state index contributed by atoms with van der Waals surface area (Å²) in [7, 11) is 0. The van der Waals surface area contributed by atoms with Crippen molar-refractivity contribution in [2.24, 2.45) is 0 Å². The number of rotatable bonds is 2. The maximum Gasteiger partial charge on any atom is 0.136 e. The van der Waals surface area contributed by atoms with Gasteiger partial charge in [0.1, 0.15) is 11.2 Å². The van der Waals surface area contributed by atoms with E-state index < -0.39 is 244 Å². The number of hydrogen-bond acceptors (Lipinski definition) is 1. The number of hydrogen-bond donors (Lipinski definition) is 0. The molecule has 0 amide bonds. The molecule has 0 bridgehead atoms. The quantitative estimate of drug-likeness (QED) is 0.143. The van der Waals surface area contributed by atoms with E-state index in [4.69, 9.17) is 27.7 Å². The Bertz CT molecular complexity index is 4150. The van der Waals surface area contributed by atoms with Crippen LogP contribution in [0.2, 0.25) is 0 Å². The van der Waals surface area contributed by atoms with E-state index in [1.54, 1.807) is 0 Å². The summed E-state index contributed by atoms with van der Waals surface area (Å²) in [5.74, 6) is 0. The van der Waals surface area contributed by atoms with Crippen LogP contribution in [0.5, 0.6) is 0 Å². The predicted molar refractivity (Wildman–Crippen MR) is 192 cm³/mol. The molecule has 0 spiro atoms. The first-order chi connectivity index (χ1) is 32.7. The van der Waals surface area contributed by atoms with Crippen LogP contribution in [-0.4, -0.2) is 0 Å². The zero-order chi connectivity index (χ0) is 51.2. The molecule has 208 valence electrons. The number of fused-ring (bicyclic) bond motifs is 9. The molecule has 10 rings (SSSR count). The fourth-order valence-electron chi connectivity index (χ4n) is 5.95. The molecule has 1 heterocycles. The maximum absolute atomic E-state index is 9.57. The Morgan fingerprint density at radius 3 is 1.60 bits per heavy atom. The third kappa shape index (κ3) is 3.50. The molecule has 0 N–H and O–H groups in total. The normalized spacial score (nSPS) is 19.8. The lowest BCUT2D eigenvalue weighted by atomic mass is 9.83. The molecule has 10 aromatic rings. The number of benzene rings is 9. The Balaban J connectivity index is 1.61. The molecule has 1 nitrogen and oxygen atoms in total. The predicted octanol–water partition coefficient (Wildman–Crippen LogP) is 12.7. The third-order valence-corrected chi connectivity index (χ3v) is 7.78. The molecule has 0 unspecified atom stereocenters. The molecule has 45 heavy (non-hydrogen) atoms. The van der Waals surface area contributed by atoms with Gasteiger partial charge in [-0.3, -0.25) is 0 Å². The van der Waals surface area contributed by atoms with Gasteiger partial charge >= 0.3 is 0 Å². The summed E-state index contributed by atoms with van der Waals surface area (Å²) >= 11 is 0. The monoisotopic (exact) mass is 595 g/mol. The molecule has 0 aliphatic carbocycles. The Morgan fingerprint density at radius 1 is 0.356 bits per heavy atom. The van der Waals surface area contributed by atoms with Crippen LogP contribution in [0.3, 0.4) is 0 Å². The van der Waals surface area contributed by atoms with Crippen LogP contribution in [0.4, 0.5) is 0 Å². The van der Waals surface area contributed by atoms with Crippen molar-refractivity contribution in [2.75, 3.05) is 0 Å². The molecule has 0 atom stereocenters. The molecular weight excluding hydrogens is 544 g/mol. The molecule has 9 aromatic carbocycles. The van der Waals surface area contributed by atoms with E-state index in [1.807, 2.05) is 0 Å². The number of furan rings is 1. The Morgan fingerprint density at radius 2 is 0.889 bits per heavy atom. The average molecular weight is 596 g/mol. The second-order valence-electron chi connectivity index (χ2n) is 10.1. The summed E-state index contributed by atoms with van der Waals surface area (Å²) in [5.41, 5.74) is -3.71. The second kappa shape index (κ2) is 9.29. The van der Waals surface area contributed by atoms with Gasteiger partial charge in [0.2, 0.25) is 0 Å². The van der Waals surface area contributed by atoms with Crippen LogP contribution in [0.15, 0.2) is 162 Å². The van der Waals surface area contributed by atoms with Crippen molar-refractivity contribution in [3.8, 4) is 22.3 Å². The Hall–Kier alpha value is -5.92. The van der Waals surface area contributed by atoms with Crippen molar-refractivity contribution in [2.45, 2.75) is 0 Å². The molecule has 1 aromatic heterocycles. The van der Waals surface area contributed by atoms with Crippen LogP contribution in [0.1, 0.15) is 34.3 Å². The summed E-state index contributed by atoms with van der Waals surface area (Å²) in [6, 6.07) is -19.8. The lowest BCUT2D eigenvalue weighted by Crippen LogP contribution is -1.92. The smallest absolute Gasteiger partial charge is 0.136 e. The van der Waals surface area contributed by atoms with Crippen LogP contribution >= 0.6 is 0 Å². The molecule has 0 aliphatic rings. The highest BCUT2D eigenvalue weighted by atomic mass is 16.3. The van der Waals surface area contributed by atoms with E-state index in [1.165, 1.54) is 0 Å². The van der Waals surface area contributed by atoms with E-state index in [-0.39, 0.29) is 5.39 Å². The van der Waals surface area contributed by atoms with Crippen molar-refractivity contribution in [3.05, 3.63) is 157 Å². The van der Waals surface area contributed by atoms with Gasteiger partial charge in [0, 0.05) is 10.8 Å². The molecular formula is C44H26O. The van der Waals surface area contributed by atoms with Crippen LogP contribution in [0, 0.1) is 0 Å². The van der Waals surface area contributed by atoms with E-state index in [0.717, 1.165) is 6.07 Å². The largest absolute Gasteiger partial charge is 0.456 e. The SMILES string of the molecule is [2H]c1cc2c(c([2H])c1[2H])c([2H])c([2H])c1c([2H])c([2H])c([2H])c(-c3c4c([2H])c([2H])c([2H])c([2H])c4c(-c4c([2H])c([2H])c([2H])c5oc6c([2H])c7c([2H])c([2H])c([2H])c([2H])c7c([2H])c6c45)c4c([2H])c([2H])c([2H])c([2H])c34)c12. The summed E-state index contributed by atoms with van der Waals surface area (Å²) in [6.07, 6.45) is 0. The summed E-state index contributed by atoms with van der Waals surface area (Å²) in [4.78, 5) is 0. The molecule has 0 saturated heterocycles.